The largest absolute Gasteiger partial charge is 0.316 e. The van der Waals surface area contributed by atoms with Crippen molar-refractivity contribution in [3.63, 3.8) is 0 Å². The zero-order valence-corrected chi connectivity index (χ0v) is 13.1. The second kappa shape index (κ2) is 6.03. The van der Waals surface area contributed by atoms with Crippen molar-refractivity contribution in [2.75, 3.05) is 7.05 Å². The first kappa shape index (κ1) is 16.1. The summed E-state index contributed by atoms with van der Waals surface area (Å²) in [5.74, 6) is 0. The van der Waals surface area contributed by atoms with Gasteiger partial charge in [0.15, 0.2) is 0 Å². The van der Waals surface area contributed by atoms with Gasteiger partial charge in [-0.2, -0.15) is 0 Å². The van der Waals surface area contributed by atoms with E-state index < -0.39 is 10.0 Å². The molecule has 0 aliphatic rings. The quantitative estimate of drug-likeness (QED) is 0.871. The van der Waals surface area contributed by atoms with Crippen LogP contribution in [0, 0.1) is 5.41 Å². The zero-order valence-electron chi connectivity index (χ0n) is 12.3. The molecule has 108 valence electrons. The Balaban J connectivity index is 2.89. The fourth-order valence-electron chi connectivity index (χ4n) is 1.47. The van der Waals surface area contributed by atoms with Crippen LogP contribution in [0.3, 0.4) is 0 Å². The third-order valence-electron chi connectivity index (χ3n) is 3.25. The number of benzene rings is 1. The van der Waals surface area contributed by atoms with E-state index in [0.29, 0.717) is 4.90 Å². The molecule has 0 saturated heterocycles. The molecular weight excluding hydrogens is 260 g/mol. The summed E-state index contributed by atoms with van der Waals surface area (Å²) in [6.45, 7) is 8.64. The van der Waals surface area contributed by atoms with Gasteiger partial charge in [0, 0.05) is 12.6 Å². The molecule has 0 fully saturated rings. The standard InChI is InChI=1S/C14H24N2O2S/c1-11(14(2,3)4)16-19(17,18)13-8-6-12(7-9-13)10-15-5/h6-9,11,15-16H,10H2,1-5H3. The zero-order chi connectivity index (χ0) is 14.7. The average Bonchev–Trinajstić information content (AvgIpc) is 2.28. The molecule has 5 heteroatoms. The fourth-order valence-corrected chi connectivity index (χ4v) is 2.92. The summed E-state index contributed by atoms with van der Waals surface area (Å²) in [6, 6.07) is 6.81. The maximum Gasteiger partial charge on any atom is 0.240 e. The van der Waals surface area contributed by atoms with Crippen LogP contribution < -0.4 is 10.0 Å². The van der Waals surface area contributed by atoms with Crippen molar-refractivity contribution in [2.24, 2.45) is 5.41 Å². The summed E-state index contributed by atoms with van der Waals surface area (Å²) in [6.07, 6.45) is 0. The van der Waals surface area contributed by atoms with E-state index in [9.17, 15) is 8.42 Å². The maximum absolute atomic E-state index is 12.2. The van der Waals surface area contributed by atoms with E-state index in [1.807, 2.05) is 46.9 Å². The summed E-state index contributed by atoms with van der Waals surface area (Å²) in [4.78, 5) is 0.309. The van der Waals surface area contributed by atoms with Gasteiger partial charge in [0.05, 0.1) is 4.90 Å². The number of nitrogens with one attached hydrogen (secondary N) is 2. The Labute approximate surface area is 116 Å². The van der Waals surface area contributed by atoms with Crippen molar-refractivity contribution in [1.82, 2.24) is 10.0 Å². The summed E-state index contributed by atoms with van der Waals surface area (Å²) in [7, 11) is -1.59. The van der Waals surface area contributed by atoms with Crippen molar-refractivity contribution < 1.29 is 8.42 Å². The normalized spacial score (nSPS) is 14.4. The Morgan fingerprint density at radius 2 is 1.68 bits per heavy atom. The molecule has 0 saturated carbocycles. The third kappa shape index (κ3) is 4.60. The van der Waals surface area contributed by atoms with Crippen LogP contribution in [0.25, 0.3) is 0 Å². The van der Waals surface area contributed by atoms with Crippen LogP contribution in [0.2, 0.25) is 0 Å². The highest BCUT2D eigenvalue weighted by atomic mass is 32.2. The van der Waals surface area contributed by atoms with Crippen LogP contribution in [0.1, 0.15) is 33.3 Å². The Morgan fingerprint density at radius 1 is 1.16 bits per heavy atom. The molecule has 0 aromatic heterocycles. The van der Waals surface area contributed by atoms with Crippen LogP contribution in [-0.4, -0.2) is 21.5 Å². The SMILES string of the molecule is CNCc1ccc(S(=O)(=O)NC(C)C(C)(C)C)cc1. The van der Waals surface area contributed by atoms with E-state index in [4.69, 9.17) is 0 Å². The highest BCUT2D eigenvalue weighted by molar-refractivity contribution is 7.89. The van der Waals surface area contributed by atoms with E-state index in [0.717, 1.165) is 12.1 Å². The van der Waals surface area contributed by atoms with Gasteiger partial charge in [0.2, 0.25) is 10.0 Å². The number of hydrogen-bond donors (Lipinski definition) is 2. The Bertz CT molecular complexity index is 501. The van der Waals surface area contributed by atoms with Crippen LogP contribution in [0.5, 0.6) is 0 Å². The predicted octanol–water partition coefficient (Wildman–Crippen LogP) is 2.12. The van der Waals surface area contributed by atoms with Crippen molar-refractivity contribution >= 4 is 10.0 Å². The minimum Gasteiger partial charge on any atom is -0.316 e. The first-order chi connectivity index (χ1) is 8.66. The monoisotopic (exact) mass is 284 g/mol. The van der Waals surface area contributed by atoms with Gasteiger partial charge in [-0.25, -0.2) is 13.1 Å². The molecule has 1 aromatic rings. The van der Waals surface area contributed by atoms with Crippen molar-refractivity contribution in [3.8, 4) is 0 Å². The Morgan fingerprint density at radius 3 is 2.11 bits per heavy atom. The lowest BCUT2D eigenvalue weighted by atomic mass is 9.89. The van der Waals surface area contributed by atoms with Gasteiger partial charge < -0.3 is 5.32 Å². The molecule has 1 aromatic carbocycles. The van der Waals surface area contributed by atoms with Gasteiger partial charge in [-0.05, 0) is 37.1 Å². The maximum atomic E-state index is 12.2. The molecule has 0 radical (unpaired) electrons. The molecule has 2 N–H and O–H groups in total. The molecule has 4 nitrogen and oxygen atoms in total. The molecular formula is C14H24N2O2S. The van der Waals surface area contributed by atoms with Crippen LogP contribution >= 0.6 is 0 Å². The molecule has 0 aliphatic heterocycles. The average molecular weight is 284 g/mol. The van der Waals surface area contributed by atoms with Crippen molar-refractivity contribution in [1.29, 1.82) is 0 Å². The molecule has 19 heavy (non-hydrogen) atoms. The smallest absolute Gasteiger partial charge is 0.240 e. The van der Waals surface area contributed by atoms with E-state index in [1.165, 1.54) is 0 Å². The summed E-state index contributed by atoms with van der Waals surface area (Å²) >= 11 is 0. The minimum absolute atomic E-state index is 0.112. The lowest BCUT2D eigenvalue weighted by molar-refractivity contribution is 0.317. The second-order valence-electron chi connectivity index (χ2n) is 5.88. The molecule has 1 unspecified atom stereocenters. The molecule has 0 spiro atoms. The van der Waals surface area contributed by atoms with E-state index in [-0.39, 0.29) is 11.5 Å². The highest BCUT2D eigenvalue weighted by Crippen LogP contribution is 2.21. The van der Waals surface area contributed by atoms with E-state index in [1.54, 1.807) is 12.1 Å². The van der Waals surface area contributed by atoms with Gasteiger partial charge in [0.25, 0.3) is 0 Å². The van der Waals surface area contributed by atoms with Gasteiger partial charge >= 0.3 is 0 Å². The van der Waals surface area contributed by atoms with Crippen molar-refractivity contribution in [3.05, 3.63) is 29.8 Å². The number of rotatable bonds is 5. The van der Waals surface area contributed by atoms with Crippen LogP contribution in [-0.2, 0) is 16.6 Å². The van der Waals surface area contributed by atoms with Gasteiger partial charge in [0.1, 0.15) is 0 Å². The minimum atomic E-state index is -3.44. The second-order valence-corrected chi connectivity index (χ2v) is 7.60. The number of sulfonamides is 1. The fraction of sp³-hybridized carbons (Fsp3) is 0.571. The molecule has 0 aliphatic carbocycles. The van der Waals surface area contributed by atoms with Gasteiger partial charge in [-0.3, -0.25) is 0 Å². The van der Waals surface area contributed by atoms with E-state index in [2.05, 4.69) is 10.0 Å². The molecule has 0 heterocycles. The molecule has 0 bridgehead atoms. The van der Waals surface area contributed by atoms with Gasteiger partial charge in [-0.15, -0.1) is 0 Å². The van der Waals surface area contributed by atoms with E-state index >= 15 is 0 Å². The topological polar surface area (TPSA) is 58.2 Å². The Kier molecular flexibility index (Phi) is 5.12. The predicted molar refractivity (Wildman–Crippen MR) is 78.4 cm³/mol. The summed E-state index contributed by atoms with van der Waals surface area (Å²) in [5.41, 5.74) is 0.949. The molecule has 1 atom stereocenters. The molecule has 1 rings (SSSR count). The lowest BCUT2D eigenvalue weighted by Gasteiger charge is -2.27. The van der Waals surface area contributed by atoms with Crippen molar-refractivity contribution in [2.45, 2.75) is 45.2 Å². The lowest BCUT2D eigenvalue weighted by Crippen LogP contribution is -2.41. The third-order valence-corrected chi connectivity index (χ3v) is 4.80. The highest BCUT2D eigenvalue weighted by Gasteiger charge is 2.25. The summed E-state index contributed by atoms with van der Waals surface area (Å²) < 4.78 is 27.2. The molecule has 0 amide bonds. The Hall–Kier alpha value is -0.910. The van der Waals surface area contributed by atoms with Crippen LogP contribution in [0.4, 0.5) is 0 Å². The first-order valence-electron chi connectivity index (χ1n) is 6.42. The first-order valence-corrected chi connectivity index (χ1v) is 7.91. The summed E-state index contributed by atoms with van der Waals surface area (Å²) in [5, 5.41) is 3.03. The van der Waals surface area contributed by atoms with Gasteiger partial charge in [-0.1, -0.05) is 32.9 Å². The number of hydrogen-bond acceptors (Lipinski definition) is 3. The van der Waals surface area contributed by atoms with Crippen LogP contribution in [0.15, 0.2) is 29.2 Å².